The Kier molecular flexibility index (Phi) is 4.65. The van der Waals surface area contributed by atoms with Crippen LogP contribution in [0.1, 0.15) is 13.3 Å². The number of anilines is 1. The zero-order valence-electron chi connectivity index (χ0n) is 8.99. The fourth-order valence-electron chi connectivity index (χ4n) is 1.12. The first-order valence-corrected chi connectivity index (χ1v) is 6.10. The minimum atomic E-state index is -0.428. The number of rotatable bonds is 4. The summed E-state index contributed by atoms with van der Waals surface area (Å²) in [6.07, 6.45) is 2.65. The lowest BCUT2D eigenvalue weighted by Gasteiger charge is -2.10. The highest BCUT2D eigenvalue weighted by Gasteiger charge is 2.10. The molecule has 0 bridgehead atoms. The van der Waals surface area contributed by atoms with Gasteiger partial charge in [-0.25, -0.2) is 0 Å². The molecule has 1 amide bonds. The Morgan fingerprint density at radius 2 is 2.33 bits per heavy atom. The molecule has 0 spiro atoms. The largest absolute Gasteiger partial charge is 0.325 e. The Bertz CT molecular complexity index is 341. The number of thioether (sulfide) groups is 1. The zero-order valence-corrected chi connectivity index (χ0v) is 9.80. The van der Waals surface area contributed by atoms with E-state index in [-0.39, 0.29) is 5.91 Å². The van der Waals surface area contributed by atoms with Crippen molar-refractivity contribution in [2.75, 3.05) is 11.6 Å². The van der Waals surface area contributed by atoms with Gasteiger partial charge in [0.1, 0.15) is 0 Å². The van der Waals surface area contributed by atoms with Gasteiger partial charge in [0.2, 0.25) is 5.91 Å². The second kappa shape index (κ2) is 5.78. The molecule has 0 aliphatic carbocycles. The van der Waals surface area contributed by atoms with E-state index in [0.717, 1.165) is 10.6 Å². The second-order valence-electron chi connectivity index (χ2n) is 3.24. The first kappa shape index (κ1) is 12.1. The van der Waals surface area contributed by atoms with E-state index >= 15 is 0 Å². The van der Waals surface area contributed by atoms with Crippen molar-refractivity contribution in [1.29, 1.82) is 0 Å². The molecule has 3 nitrogen and oxygen atoms in total. The molecule has 4 heteroatoms. The number of carbonyl (C=O) groups is 1. The molecule has 0 aromatic heterocycles. The van der Waals surface area contributed by atoms with Gasteiger partial charge in [0.05, 0.1) is 6.04 Å². The molecule has 0 radical (unpaired) electrons. The van der Waals surface area contributed by atoms with Crippen molar-refractivity contribution < 1.29 is 4.79 Å². The van der Waals surface area contributed by atoms with Crippen LogP contribution in [-0.4, -0.2) is 18.2 Å². The topological polar surface area (TPSA) is 55.1 Å². The van der Waals surface area contributed by atoms with Gasteiger partial charge in [-0.1, -0.05) is 13.0 Å². The summed E-state index contributed by atoms with van der Waals surface area (Å²) >= 11 is 1.64. The van der Waals surface area contributed by atoms with E-state index in [9.17, 15) is 4.79 Å². The van der Waals surface area contributed by atoms with Gasteiger partial charge < -0.3 is 11.1 Å². The number of hydrogen-bond acceptors (Lipinski definition) is 3. The summed E-state index contributed by atoms with van der Waals surface area (Å²) in [5.74, 6) is -0.129. The molecular formula is C11H16N2OS. The molecule has 0 saturated heterocycles. The van der Waals surface area contributed by atoms with Crippen LogP contribution >= 0.6 is 11.8 Å². The van der Waals surface area contributed by atoms with E-state index in [2.05, 4.69) is 5.32 Å². The third kappa shape index (κ3) is 3.57. The third-order valence-corrected chi connectivity index (χ3v) is 2.84. The van der Waals surface area contributed by atoms with Crippen molar-refractivity contribution in [2.45, 2.75) is 24.3 Å². The van der Waals surface area contributed by atoms with Gasteiger partial charge in [-0.2, -0.15) is 0 Å². The Balaban J connectivity index is 2.68. The molecule has 1 rings (SSSR count). The minimum absolute atomic E-state index is 0.129. The summed E-state index contributed by atoms with van der Waals surface area (Å²) in [6, 6.07) is 7.28. The first-order valence-electron chi connectivity index (χ1n) is 4.88. The van der Waals surface area contributed by atoms with Crippen molar-refractivity contribution in [1.82, 2.24) is 0 Å². The number of nitrogens with one attached hydrogen (secondary N) is 1. The normalized spacial score (nSPS) is 12.2. The van der Waals surface area contributed by atoms with E-state index in [1.54, 1.807) is 11.8 Å². The van der Waals surface area contributed by atoms with Gasteiger partial charge in [0, 0.05) is 10.6 Å². The van der Waals surface area contributed by atoms with Crippen LogP contribution in [0.2, 0.25) is 0 Å². The highest BCUT2D eigenvalue weighted by molar-refractivity contribution is 7.98. The van der Waals surface area contributed by atoms with Crippen molar-refractivity contribution in [3.63, 3.8) is 0 Å². The maximum atomic E-state index is 11.5. The van der Waals surface area contributed by atoms with Gasteiger partial charge in [0.25, 0.3) is 0 Å². The monoisotopic (exact) mass is 224 g/mol. The van der Waals surface area contributed by atoms with E-state index in [4.69, 9.17) is 5.73 Å². The maximum absolute atomic E-state index is 11.5. The number of amides is 1. The summed E-state index contributed by atoms with van der Waals surface area (Å²) in [6.45, 7) is 1.89. The molecular weight excluding hydrogens is 208 g/mol. The summed E-state index contributed by atoms with van der Waals surface area (Å²) in [4.78, 5) is 12.6. The average Bonchev–Trinajstić information content (AvgIpc) is 2.28. The minimum Gasteiger partial charge on any atom is -0.325 e. The second-order valence-corrected chi connectivity index (χ2v) is 4.12. The summed E-state index contributed by atoms with van der Waals surface area (Å²) in [7, 11) is 0. The van der Waals surface area contributed by atoms with Crippen LogP contribution in [-0.2, 0) is 4.79 Å². The molecule has 3 N–H and O–H groups in total. The van der Waals surface area contributed by atoms with Crippen molar-refractivity contribution in [3.8, 4) is 0 Å². The molecule has 1 aromatic rings. The van der Waals surface area contributed by atoms with Gasteiger partial charge >= 0.3 is 0 Å². The van der Waals surface area contributed by atoms with Gasteiger partial charge in [0.15, 0.2) is 0 Å². The van der Waals surface area contributed by atoms with Gasteiger partial charge in [-0.05, 0) is 30.9 Å². The predicted octanol–water partition coefficient (Wildman–Crippen LogP) is 2.08. The predicted molar refractivity (Wildman–Crippen MR) is 65.1 cm³/mol. The SMILES string of the molecule is CCC(N)C(=O)Nc1cccc(SC)c1. The van der Waals surface area contributed by atoms with E-state index in [0.29, 0.717) is 6.42 Å². The molecule has 0 aliphatic rings. The van der Waals surface area contributed by atoms with Crippen LogP contribution in [0.3, 0.4) is 0 Å². The fourth-order valence-corrected chi connectivity index (χ4v) is 1.58. The number of benzene rings is 1. The molecule has 0 heterocycles. The van der Waals surface area contributed by atoms with Gasteiger partial charge in [-0.3, -0.25) is 4.79 Å². The average molecular weight is 224 g/mol. The van der Waals surface area contributed by atoms with E-state index in [1.165, 1.54) is 0 Å². The molecule has 0 saturated carbocycles. The molecule has 1 unspecified atom stereocenters. The van der Waals surface area contributed by atoms with E-state index < -0.39 is 6.04 Å². The maximum Gasteiger partial charge on any atom is 0.241 e. The number of hydrogen-bond donors (Lipinski definition) is 2. The number of nitrogens with two attached hydrogens (primary N) is 1. The molecule has 0 aliphatic heterocycles. The summed E-state index contributed by atoms with van der Waals surface area (Å²) in [5, 5.41) is 2.79. The Labute approximate surface area is 94.4 Å². The fraction of sp³-hybridized carbons (Fsp3) is 0.364. The quantitative estimate of drug-likeness (QED) is 0.770. The van der Waals surface area contributed by atoms with Crippen molar-refractivity contribution in [3.05, 3.63) is 24.3 Å². The zero-order chi connectivity index (χ0) is 11.3. The number of carbonyl (C=O) groups excluding carboxylic acids is 1. The van der Waals surface area contributed by atoms with Crippen LogP contribution in [0.25, 0.3) is 0 Å². The molecule has 1 aromatic carbocycles. The summed E-state index contributed by atoms with van der Waals surface area (Å²) < 4.78 is 0. The molecule has 0 fully saturated rings. The van der Waals surface area contributed by atoms with Crippen LogP contribution in [0.4, 0.5) is 5.69 Å². The Morgan fingerprint density at radius 1 is 1.60 bits per heavy atom. The Morgan fingerprint density at radius 3 is 2.93 bits per heavy atom. The Hall–Kier alpha value is -1.00. The molecule has 82 valence electrons. The van der Waals surface area contributed by atoms with Crippen molar-refractivity contribution in [2.24, 2.45) is 5.73 Å². The smallest absolute Gasteiger partial charge is 0.241 e. The van der Waals surface area contributed by atoms with Crippen LogP contribution in [0, 0.1) is 0 Å². The highest BCUT2D eigenvalue weighted by atomic mass is 32.2. The van der Waals surface area contributed by atoms with Crippen LogP contribution in [0.15, 0.2) is 29.2 Å². The van der Waals surface area contributed by atoms with Crippen LogP contribution in [0.5, 0.6) is 0 Å². The summed E-state index contributed by atoms with van der Waals surface area (Å²) in [5.41, 5.74) is 6.42. The standard InChI is InChI=1S/C11H16N2OS/c1-3-10(12)11(14)13-8-5-4-6-9(7-8)15-2/h4-7,10H,3,12H2,1-2H3,(H,13,14). The van der Waals surface area contributed by atoms with E-state index in [1.807, 2.05) is 37.4 Å². The highest BCUT2D eigenvalue weighted by Crippen LogP contribution is 2.18. The third-order valence-electron chi connectivity index (χ3n) is 2.11. The molecule has 15 heavy (non-hydrogen) atoms. The lowest BCUT2D eigenvalue weighted by Crippen LogP contribution is -2.34. The lowest BCUT2D eigenvalue weighted by molar-refractivity contribution is -0.117. The first-order chi connectivity index (χ1) is 7.17. The van der Waals surface area contributed by atoms with Gasteiger partial charge in [-0.15, -0.1) is 11.8 Å². The molecule has 1 atom stereocenters. The van der Waals surface area contributed by atoms with Crippen molar-refractivity contribution >= 4 is 23.4 Å². The van der Waals surface area contributed by atoms with Crippen LogP contribution < -0.4 is 11.1 Å². The lowest BCUT2D eigenvalue weighted by atomic mass is 10.2.